The van der Waals surface area contributed by atoms with E-state index in [0.717, 1.165) is 16.8 Å². The fraction of sp³-hybridized carbons (Fsp3) is 0.263. The van der Waals surface area contributed by atoms with Crippen LogP contribution in [0.5, 0.6) is 0 Å². The number of hydrogen-bond donors (Lipinski definition) is 4. The summed E-state index contributed by atoms with van der Waals surface area (Å²) < 4.78 is 0. The van der Waals surface area contributed by atoms with E-state index in [1.165, 1.54) is 11.8 Å². The lowest BCUT2D eigenvalue weighted by molar-refractivity contribution is -0.125. The highest BCUT2D eigenvalue weighted by Gasteiger charge is 2.27. The fourth-order valence-corrected chi connectivity index (χ4v) is 3.54. The second-order valence-electron chi connectivity index (χ2n) is 6.29. The predicted octanol–water partition coefficient (Wildman–Crippen LogP) is 2.44. The van der Waals surface area contributed by atoms with Gasteiger partial charge in [0.2, 0.25) is 11.8 Å². The van der Waals surface area contributed by atoms with E-state index in [2.05, 4.69) is 21.5 Å². The summed E-state index contributed by atoms with van der Waals surface area (Å²) >= 11 is 7.19. The van der Waals surface area contributed by atoms with Crippen LogP contribution in [-0.4, -0.2) is 29.1 Å². The van der Waals surface area contributed by atoms with Crippen molar-refractivity contribution >= 4 is 40.9 Å². The van der Waals surface area contributed by atoms with Gasteiger partial charge in [0.25, 0.3) is 0 Å². The predicted molar refractivity (Wildman–Crippen MR) is 109 cm³/mol. The van der Waals surface area contributed by atoms with Crippen LogP contribution < -0.4 is 21.5 Å². The van der Waals surface area contributed by atoms with Crippen molar-refractivity contribution in [1.82, 2.24) is 16.2 Å². The first-order valence-corrected chi connectivity index (χ1v) is 9.96. The normalized spacial score (nSPS) is 19.4. The minimum atomic E-state index is -0.385. The summed E-state index contributed by atoms with van der Waals surface area (Å²) in [4.78, 5) is 24.4. The minimum Gasteiger partial charge on any atom is -0.329 e. The number of hydrazine groups is 1. The average molecular weight is 405 g/mol. The highest BCUT2D eigenvalue weighted by atomic mass is 35.5. The van der Waals surface area contributed by atoms with Gasteiger partial charge in [-0.25, -0.2) is 10.9 Å². The van der Waals surface area contributed by atoms with Gasteiger partial charge in [0.15, 0.2) is 0 Å². The summed E-state index contributed by atoms with van der Waals surface area (Å²) in [5.41, 5.74) is 8.54. The van der Waals surface area contributed by atoms with Gasteiger partial charge in [-0.2, -0.15) is 0 Å². The van der Waals surface area contributed by atoms with Gasteiger partial charge in [-0.15, -0.1) is 11.8 Å². The number of thioether (sulfide) groups is 1. The first kappa shape index (κ1) is 19.7. The molecule has 2 atom stereocenters. The van der Waals surface area contributed by atoms with Crippen molar-refractivity contribution in [3.8, 4) is 0 Å². The molecule has 0 aliphatic carbocycles. The van der Waals surface area contributed by atoms with E-state index < -0.39 is 0 Å². The molecule has 1 fully saturated rings. The molecule has 1 heterocycles. The van der Waals surface area contributed by atoms with E-state index in [1.54, 1.807) is 12.1 Å². The SMILES string of the molecule is Cc1cccc(NC(=O)CSC2NNC(Cc3ccc(Cl)cc3)C(=O)N2)c1. The van der Waals surface area contributed by atoms with E-state index in [0.29, 0.717) is 11.4 Å². The Morgan fingerprint density at radius 1 is 1.19 bits per heavy atom. The molecule has 0 radical (unpaired) electrons. The van der Waals surface area contributed by atoms with Crippen molar-refractivity contribution < 1.29 is 9.59 Å². The van der Waals surface area contributed by atoms with E-state index in [4.69, 9.17) is 11.6 Å². The van der Waals surface area contributed by atoms with Crippen LogP contribution >= 0.6 is 23.4 Å². The zero-order chi connectivity index (χ0) is 19.2. The van der Waals surface area contributed by atoms with Crippen molar-refractivity contribution in [2.45, 2.75) is 24.9 Å². The maximum atomic E-state index is 12.3. The maximum Gasteiger partial charge on any atom is 0.240 e. The number of hydrogen-bond acceptors (Lipinski definition) is 5. The molecule has 3 rings (SSSR count). The molecule has 1 aliphatic rings. The van der Waals surface area contributed by atoms with Gasteiger partial charge >= 0.3 is 0 Å². The Morgan fingerprint density at radius 3 is 2.67 bits per heavy atom. The summed E-state index contributed by atoms with van der Waals surface area (Å²) in [6.07, 6.45) is 0.543. The first-order valence-electron chi connectivity index (χ1n) is 8.53. The van der Waals surface area contributed by atoms with Gasteiger partial charge in [0.05, 0.1) is 5.75 Å². The lowest BCUT2D eigenvalue weighted by Gasteiger charge is -2.31. The van der Waals surface area contributed by atoms with Crippen molar-refractivity contribution in [3.05, 3.63) is 64.7 Å². The molecule has 0 aromatic heterocycles. The molecule has 2 aromatic carbocycles. The molecule has 0 spiro atoms. The lowest BCUT2D eigenvalue weighted by Crippen LogP contribution is -2.64. The fourth-order valence-electron chi connectivity index (χ4n) is 2.67. The molecule has 1 saturated heterocycles. The highest BCUT2D eigenvalue weighted by Crippen LogP contribution is 2.14. The van der Waals surface area contributed by atoms with E-state index >= 15 is 0 Å². The van der Waals surface area contributed by atoms with Crippen molar-refractivity contribution in [3.63, 3.8) is 0 Å². The van der Waals surface area contributed by atoms with Crippen LogP contribution in [0.2, 0.25) is 5.02 Å². The van der Waals surface area contributed by atoms with E-state index in [-0.39, 0.29) is 29.1 Å². The number of carbonyl (C=O) groups excluding carboxylic acids is 2. The lowest BCUT2D eigenvalue weighted by atomic mass is 10.1. The average Bonchev–Trinajstić information content (AvgIpc) is 2.64. The topological polar surface area (TPSA) is 82.3 Å². The molecule has 2 aromatic rings. The molecular formula is C19H21ClN4O2S. The van der Waals surface area contributed by atoms with Crippen molar-refractivity contribution in [1.29, 1.82) is 0 Å². The first-order chi connectivity index (χ1) is 13.0. The Hall–Kier alpha value is -2.06. The number of benzene rings is 2. The molecule has 27 heavy (non-hydrogen) atoms. The molecule has 2 amide bonds. The maximum absolute atomic E-state index is 12.3. The third-order valence-corrected chi connectivity index (χ3v) is 5.26. The number of nitrogens with one attached hydrogen (secondary N) is 4. The van der Waals surface area contributed by atoms with Crippen LogP contribution in [0.15, 0.2) is 48.5 Å². The molecule has 6 nitrogen and oxygen atoms in total. The molecule has 8 heteroatoms. The molecular weight excluding hydrogens is 384 g/mol. The van der Waals surface area contributed by atoms with E-state index in [1.807, 2.05) is 43.3 Å². The van der Waals surface area contributed by atoms with Gasteiger partial charge in [0, 0.05) is 10.7 Å². The Bertz CT molecular complexity index is 816. The van der Waals surface area contributed by atoms with Crippen molar-refractivity contribution in [2.75, 3.05) is 11.1 Å². The third kappa shape index (κ3) is 5.97. The largest absolute Gasteiger partial charge is 0.329 e. The van der Waals surface area contributed by atoms with Gasteiger partial charge in [0.1, 0.15) is 11.5 Å². The van der Waals surface area contributed by atoms with Crippen LogP contribution in [0.3, 0.4) is 0 Å². The number of anilines is 1. The standard InChI is InChI=1S/C19H21ClN4O2S/c1-12-3-2-4-15(9-12)21-17(25)11-27-19-22-18(26)16(23-24-19)10-13-5-7-14(20)8-6-13/h2-9,16,19,23-24H,10-11H2,1H3,(H,21,25)(H,22,26). The summed E-state index contributed by atoms with van der Waals surface area (Å²) in [7, 11) is 0. The van der Waals surface area contributed by atoms with Gasteiger partial charge in [-0.1, -0.05) is 35.9 Å². The van der Waals surface area contributed by atoms with Gasteiger partial charge in [-0.05, 0) is 48.7 Å². The number of aryl methyl sites for hydroxylation is 1. The van der Waals surface area contributed by atoms with Crippen LogP contribution in [0.4, 0.5) is 5.69 Å². The molecule has 142 valence electrons. The monoisotopic (exact) mass is 404 g/mol. The summed E-state index contributed by atoms with van der Waals surface area (Å²) in [5.74, 6) is -0.0136. The van der Waals surface area contributed by atoms with Crippen LogP contribution in [0.1, 0.15) is 11.1 Å². The molecule has 2 unspecified atom stereocenters. The smallest absolute Gasteiger partial charge is 0.240 e. The van der Waals surface area contributed by atoms with Crippen LogP contribution in [0.25, 0.3) is 0 Å². The second kappa shape index (κ2) is 9.23. The number of carbonyl (C=O) groups is 2. The second-order valence-corrected chi connectivity index (χ2v) is 7.82. The Morgan fingerprint density at radius 2 is 1.96 bits per heavy atom. The summed E-state index contributed by atoms with van der Waals surface area (Å²) in [6.45, 7) is 1.97. The Balaban J connectivity index is 1.43. The molecule has 0 bridgehead atoms. The summed E-state index contributed by atoms with van der Waals surface area (Å²) in [5, 5.41) is 6.38. The van der Waals surface area contributed by atoms with E-state index in [9.17, 15) is 9.59 Å². The number of amides is 2. The van der Waals surface area contributed by atoms with Gasteiger partial charge < -0.3 is 10.6 Å². The zero-order valence-corrected chi connectivity index (χ0v) is 16.4. The quantitative estimate of drug-likeness (QED) is 0.594. The van der Waals surface area contributed by atoms with Gasteiger partial charge in [-0.3, -0.25) is 9.59 Å². The van der Waals surface area contributed by atoms with Crippen LogP contribution in [-0.2, 0) is 16.0 Å². The zero-order valence-electron chi connectivity index (χ0n) is 14.8. The Labute approximate surface area is 167 Å². The number of halogens is 1. The molecule has 1 aliphatic heterocycles. The Kier molecular flexibility index (Phi) is 6.73. The highest BCUT2D eigenvalue weighted by molar-refractivity contribution is 8.00. The summed E-state index contributed by atoms with van der Waals surface area (Å²) in [6, 6.07) is 14.6. The number of rotatable bonds is 6. The molecule has 4 N–H and O–H groups in total. The van der Waals surface area contributed by atoms with Crippen molar-refractivity contribution in [2.24, 2.45) is 0 Å². The minimum absolute atomic E-state index is 0.111. The van der Waals surface area contributed by atoms with Crippen LogP contribution in [0, 0.1) is 6.92 Å². The molecule has 0 saturated carbocycles. The third-order valence-electron chi connectivity index (χ3n) is 4.01.